The summed E-state index contributed by atoms with van der Waals surface area (Å²) in [5, 5.41) is 0.0164. The van der Waals surface area contributed by atoms with Crippen LogP contribution in [0.25, 0.3) is 0 Å². The van der Waals surface area contributed by atoms with Gasteiger partial charge in [0.25, 0.3) is 15.9 Å². The third kappa shape index (κ3) is 5.48. The largest absolute Gasteiger partial charge is 0.452 e. The number of carbonyl (C=O) groups excluding carboxylic acids is 2. The van der Waals surface area contributed by atoms with Crippen LogP contribution in [0.2, 0.25) is 5.02 Å². The van der Waals surface area contributed by atoms with Crippen LogP contribution in [0.4, 0.5) is 5.69 Å². The van der Waals surface area contributed by atoms with E-state index in [1.807, 2.05) is 0 Å². The molecule has 170 valence electrons. The Bertz CT molecular complexity index is 1080. The molecule has 0 bridgehead atoms. The first-order valence-corrected chi connectivity index (χ1v) is 11.7. The van der Waals surface area contributed by atoms with Crippen LogP contribution >= 0.6 is 11.6 Å². The van der Waals surface area contributed by atoms with Gasteiger partial charge in [-0.3, -0.25) is 9.10 Å². The molecule has 1 saturated heterocycles. The van der Waals surface area contributed by atoms with Gasteiger partial charge in [0.15, 0.2) is 6.61 Å². The van der Waals surface area contributed by atoms with Crippen LogP contribution in [0.3, 0.4) is 0 Å². The van der Waals surface area contributed by atoms with Crippen molar-refractivity contribution in [2.24, 2.45) is 0 Å². The Kier molecular flexibility index (Phi) is 7.89. The zero-order valence-electron chi connectivity index (χ0n) is 17.3. The minimum atomic E-state index is -4.03. The van der Waals surface area contributed by atoms with Crippen LogP contribution in [0.15, 0.2) is 66.1 Å². The number of para-hydroxylation sites is 1. The molecule has 0 spiro atoms. The number of benzene rings is 2. The van der Waals surface area contributed by atoms with Crippen LogP contribution in [0.1, 0.15) is 10.4 Å². The average molecular weight is 479 g/mol. The van der Waals surface area contributed by atoms with Crippen molar-refractivity contribution in [2.75, 3.05) is 43.8 Å². The quantitative estimate of drug-likeness (QED) is 0.428. The monoisotopic (exact) mass is 478 g/mol. The first kappa shape index (κ1) is 23.8. The van der Waals surface area contributed by atoms with Gasteiger partial charge in [-0.1, -0.05) is 35.9 Å². The van der Waals surface area contributed by atoms with Crippen molar-refractivity contribution in [1.82, 2.24) is 4.90 Å². The van der Waals surface area contributed by atoms with Crippen LogP contribution in [0, 0.1) is 0 Å². The summed E-state index contributed by atoms with van der Waals surface area (Å²) >= 11 is 6.13. The van der Waals surface area contributed by atoms with E-state index in [0.29, 0.717) is 32.0 Å². The van der Waals surface area contributed by atoms with Crippen LogP contribution in [-0.2, 0) is 24.3 Å². The molecule has 0 saturated carbocycles. The molecule has 1 aliphatic rings. The number of carbonyl (C=O) groups is 2. The molecule has 2 aromatic carbocycles. The van der Waals surface area contributed by atoms with Gasteiger partial charge in [-0.15, -0.1) is 6.58 Å². The molecule has 8 nitrogen and oxygen atoms in total. The third-order valence-corrected chi connectivity index (χ3v) is 6.89. The van der Waals surface area contributed by atoms with Crippen LogP contribution in [0.5, 0.6) is 0 Å². The molecular weight excluding hydrogens is 456 g/mol. The van der Waals surface area contributed by atoms with Gasteiger partial charge in [0.1, 0.15) is 0 Å². The normalized spacial score (nSPS) is 14.0. The maximum absolute atomic E-state index is 13.3. The summed E-state index contributed by atoms with van der Waals surface area (Å²) in [6.07, 6.45) is 1.47. The Hall–Kier alpha value is -2.88. The Morgan fingerprint density at radius 1 is 1.16 bits per heavy atom. The van der Waals surface area contributed by atoms with Gasteiger partial charge in [0.2, 0.25) is 0 Å². The highest BCUT2D eigenvalue weighted by atomic mass is 35.5. The maximum atomic E-state index is 13.3. The lowest BCUT2D eigenvalue weighted by atomic mass is 10.2. The molecule has 1 heterocycles. The van der Waals surface area contributed by atoms with Gasteiger partial charge in [-0.2, -0.15) is 0 Å². The SMILES string of the molecule is C=CCN(c1ccccc1)S(=O)(=O)c1ccc(Cl)c(C(=O)OCC(=O)N2CCOCC2)c1. The van der Waals surface area contributed by atoms with Gasteiger partial charge in [0, 0.05) is 13.1 Å². The number of nitrogens with zero attached hydrogens (tertiary/aromatic N) is 2. The topological polar surface area (TPSA) is 93.2 Å². The first-order valence-electron chi connectivity index (χ1n) is 9.85. The summed E-state index contributed by atoms with van der Waals surface area (Å²) < 4.78 is 38.0. The van der Waals surface area contributed by atoms with E-state index in [9.17, 15) is 18.0 Å². The van der Waals surface area contributed by atoms with E-state index in [2.05, 4.69) is 6.58 Å². The number of hydrogen-bond donors (Lipinski definition) is 0. The molecule has 0 unspecified atom stereocenters. The second kappa shape index (κ2) is 10.6. The van der Waals surface area contributed by atoms with E-state index in [1.165, 1.54) is 27.4 Å². The molecule has 0 N–H and O–H groups in total. The van der Waals surface area contributed by atoms with Crippen molar-refractivity contribution in [2.45, 2.75) is 4.90 Å². The van der Waals surface area contributed by atoms with Gasteiger partial charge >= 0.3 is 5.97 Å². The lowest BCUT2D eigenvalue weighted by molar-refractivity contribution is -0.138. The number of anilines is 1. The maximum Gasteiger partial charge on any atom is 0.340 e. The number of halogens is 1. The molecule has 0 atom stereocenters. The number of amides is 1. The van der Waals surface area contributed by atoms with E-state index in [0.717, 1.165) is 6.07 Å². The Morgan fingerprint density at radius 3 is 2.50 bits per heavy atom. The van der Waals surface area contributed by atoms with E-state index >= 15 is 0 Å². The van der Waals surface area contributed by atoms with Crippen LogP contribution in [-0.4, -0.2) is 64.6 Å². The molecule has 1 amide bonds. The molecule has 0 aromatic heterocycles. The zero-order chi connectivity index (χ0) is 23.1. The fourth-order valence-corrected chi connectivity index (χ4v) is 4.77. The molecule has 0 aliphatic carbocycles. The molecular formula is C22H23ClN2O6S. The van der Waals surface area contributed by atoms with Crippen molar-refractivity contribution < 1.29 is 27.5 Å². The summed E-state index contributed by atoms with van der Waals surface area (Å²) in [6, 6.07) is 12.3. The summed E-state index contributed by atoms with van der Waals surface area (Å²) in [5.74, 6) is -1.24. The van der Waals surface area contributed by atoms with Gasteiger partial charge in [0.05, 0.1) is 40.9 Å². The van der Waals surface area contributed by atoms with Crippen molar-refractivity contribution in [3.63, 3.8) is 0 Å². The standard InChI is InChI=1S/C22H23ClN2O6S/c1-2-10-25(17-6-4-3-5-7-17)32(28,29)18-8-9-20(23)19(15-18)22(27)31-16-21(26)24-11-13-30-14-12-24/h2-9,15H,1,10-14,16H2. The second-order valence-corrected chi connectivity index (χ2v) is 9.14. The van der Waals surface area contributed by atoms with E-state index < -0.39 is 22.6 Å². The molecule has 1 fully saturated rings. The minimum absolute atomic E-state index is 0.0164. The summed E-state index contributed by atoms with van der Waals surface area (Å²) in [6.45, 7) is 4.87. The molecule has 32 heavy (non-hydrogen) atoms. The van der Waals surface area contributed by atoms with E-state index in [1.54, 1.807) is 30.3 Å². The van der Waals surface area contributed by atoms with E-state index in [4.69, 9.17) is 21.1 Å². The fraction of sp³-hybridized carbons (Fsp3) is 0.273. The smallest absolute Gasteiger partial charge is 0.340 e. The van der Waals surface area contributed by atoms with Crippen LogP contribution < -0.4 is 4.31 Å². The van der Waals surface area contributed by atoms with Crippen molar-refractivity contribution >= 4 is 39.2 Å². The van der Waals surface area contributed by atoms with Gasteiger partial charge < -0.3 is 14.4 Å². The number of esters is 1. The number of sulfonamides is 1. The van der Waals surface area contributed by atoms with Crippen molar-refractivity contribution in [1.29, 1.82) is 0 Å². The number of hydrogen-bond acceptors (Lipinski definition) is 6. The summed E-state index contributed by atoms with van der Waals surface area (Å²) in [4.78, 5) is 26.2. The molecule has 1 aliphatic heterocycles. The highest BCUT2D eigenvalue weighted by Crippen LogP contribution is 2.27. The average Bonchev–Trinajstić information content (AvgIpc) is 2.82. The minimum Gasteiger partial charge on any atom is -0.452 e. The number of ether oxygens (including phenoxy) is 2. The third-order valence-electron chi connectivity index (χ3n) is 4.78. The summed E-state index contributed by atoms with van der Waals surface area (Å²) in [7, 11) is -4.03. The molecule has 2 aromatic rings. The first-order chi connectivity index (χ1) is 15.3. The number of rotatable bonds is 8. The van der Waals surface area contributed by atoms with E-state index in [-0.39, 0.29) is 27.9 Å². The predicted octanol–water partition coefficient (Wildman–Crippen LogP) is 2.74. The lowest BCUT2D eigenvalue weighted by Gasteiger charge is -2.26. The number of morpholine rings is 1. The molecule has 3 rings (SSSR count). The summed E-state index contributed by atoms with van der Waals surface area (Å²) in [5.41, 5.74) is 0.303. The van der Waals surface area contributed by atoms with Gasteiger partial charge in [-0.05, 0) is 30.3 Å². The van der Waals surface area contributed by atoms with Crippen molar-refractivity contribution in [3.8, 4) is 0 Å². The zero-order valence-corrected chi connectivity index (χ0v) is 18.8. The highest BCUT2D eigenvalue weighted by molar-refractivity contribution is 7.92. The van der Waals surface area contributed by atoms with Gasteiger partial charge in [-0.25, -0.2) is 13.2 Å². The Morgan fingerprint density at radius 2 is 1.84 bits per heavy atom. The predicted molar refractivity (Wildman–Crippen MR) is 120 cm³/mol. The lowest BCUT2D eigenvalue weighted by Crippen LogP contribution is -2.42. The fourth-order valence-electron chi connectivity index (χ4n) is 3.11. The highest BCUT2D eigenvalue weighted by Gasteiger charge is 2.27. The Balaban J connectivity index is 1.81. The molecule has 0 radical (unpaired) electrons. The second-order valence-electron chi connectivity index (χ2n) is 6.87. The molecule has 10 heteroatoms. The Labute approximate surface area is 192 Å². The van der Waals surface area contributed by atoms with Crippen molar-refractivity contribution in [3.05, 3.63) is 71.8 Å².